The first-order valence-corrected chi connectivity index (χ1v) is 9.13. The van der Waals surface area contributed by atoms with Gasteiger partial charge in [0.25, 0.3) is 0 Å². The summed E-state index contributed by atoms with van der Waals surface area (Å²) >= 11 is 5.98. The lowest BCUT2D eigenvalue weighted by Crippen LogP contribution is -2.33. The first kappa shape index (κ1) is 18.2. The Morgan fingerprint density at radius 2 is 1.27 bits per heavy atom. The lowest BCUT2D eigenvalue weighted by molar-refractivity contribution is -0.133. The van der Waals surface area contributed by atoms with Crippen molar-refractivity contribution in [2.24, 2.45) is 0 Å². The Morgan fingerprint density at radius 3 is 1.73 bits per heavy atom. The summed E-state index contributed by atoms with van der Waals surface area (Å²) in [5, 5.41) is 0.679. The van der Waals surface area contributed by atoms with Crippen molar-refractivity contribution in [2.75, 3.05) is 0 Å². The van der Waals surface area contributed by atoms with Gasteiger partial charge in [-0.15, -0.1) is 0 Å². The summed E-state index contributed by atoms with van der Waals surface area (Å²) in [4.78, 5) is 15.2. The van der Waals surface area contributed by atoms with Gasteiger partial charge in [-0.25, -0.2) is 0 Å². The van der Waals surface area contributed by atoms with Crippen LogP contribution in [0.1, 0.15) is 29.5 Å². The van der Waals surface area contributed by atoms with Crippen LogP contribution >= 0.6 is 11.6 Å². The number of hydrogen-bond acceptors (Lipinski definition) is 1. The van der Waals surface area contributed by atoms with E-state index < -0.39 is 0 Å². The number of nitrogens with zero attached hydrogens (tertiary/aromatic N) is 1. The van der Waals surface area contributed by atoms with Crippen molar-refractivity contribution in [1.82, 2.24) is 4.90 Å². The lowest BCUT2D eigenvalue weighted by atomic mass is 9.99. The van der Waals surface area contributed by atoms with Crippen molar-refractivity contribution in [3.8, 4) is 0 Å². The van der Waals surface area contributed by atoms with Crippen LogP contribution in [0.3, 0.4) is 0 Å². The minimum atomic E-state index is -0.223. The number of amides is 1. The molecule has 3 rings (SSSR count). The predicted molar refractivity (Wildman–Crippen MR) is 107 cm³/mol. The fraction of sp³-hybridized carbons (Fsp3) is 0.174. The van der Waals surface area contributed by atoms with Crippen molar-refractivity contribution < 1.29 is 4.79 Å². The van der Waals surface area contributed by atoms with Crippen molar-refractivity contribution in [1.29, 1.82) is 0 Å². The van der Waals surface area contributed by atoms with Gasteiger partial charge in [0, 0.05) is 18.1 Å². The van der Waals surface area contributed by atoms with Crippen LogP contribution in [0.15, 0.2) is 84.9 Å². The molecule has 2 nitrogen and oxygen atoms in total. The van der Waals surface area contributed by atoms with E-state index in [4.69, 9.17) is 11.6 Å². The summed E-state index contributed by atoms with van der Waals surface area (Å²) in [5.74, 6) is -0.111. The highest BCUT2D eigenvalue weighted by Crippen LogP contribution is 2.22. The van der Waals surface area contributed by atoms with Gasteiger partial charge in [0.1, 0.15) is 0 Å². The topological polar surface area (TPSA) is 20.3 Å². The van der Waals surface area contributed by atoms with Crippen molar-refractivity contribution >= 4 is 17.5 Å². The number of halogens is 1. The van der Waals surface area contributed by atoms with E-state index in [2.05, 4.69) is 24.3 Å². The summed E-state index contributed by atoms with van der Waals surface area (Å²) in [5.41, 5.74) is 3.23. The molecule has 0 aliphatic carbocycles. The Labute approximate surface area is 160 Å². The quantitative estimate of drug-likeness (QED) is 0.552. The number of carbonyl (C=O) groups is 1. The van der Waals surface area contributed by atoms with E-state index in [9.17, 15) is 4.79 Å². The zero-order chi connectivity index (χ0) is 18.4. The summed E-state index contributed by atoms with van der Waals surface area (Å²) in [6.45, 7) is 3.13. The van der Waals surface area contributed by atoms with E-state index in [0.717, 1.165) is 16.7 Å². The molecule has 3 aromatic carbocycles. The third-order valence-electron chi connectivity index (χ3n) is 4.48. The number of hydrogen-bond donors (Lipinski definition) is 0. The number of benzene rings is 3. The minimum Gasteiger partial charge on any atom is -0.334 e. The van der Waals surface area contributed by atoms with Crippen LogP contribution in [-0.4, -0.2) is 10.8 Å². The minimum absolute atomic E-state index is 0.111. The fourth-order valence-corrected chi connectivity index (χ4v) is 3.11. The van der Waals surface area contributed by atoms with Gasteiger partial charge in [0.05, 0.1) is 5.92 Å². The molecule has 3 heteroatoms. The van der Waals surface area contributed by atoms with Crippen LogP contribution in [0, 0.1) is 0 Å². The summed E-state index contributed by atoms with van der Waals surface area (Å²) in [6.07, 6.45) is 0. The van der Waals surface area contributed by atoms with Crippen LogP contribution in [0.4, 0.5) is 0 Å². The molecule has 0 aliphatic rings. The van der Waals surface area contributed by atoms with Crippen LogP contribution < -0.4 is 0 Å². The smallest absolute Gasteiger partial charge is 0.230 e. The van der Waals surface area contributed by atoms with Crippen molar-refractivity contribution in [3.05, 3.63) is 107 Å². The molecule has 0 aliphatic heterocycles. The van der Waals surface area contributed by atoms with Crippen LogP contribution in [0.25, 0.3) is 0 Å². The Hall–Kier alpha value is -2.58. The van der Waals surface area contributed by atoms with Crippen LogP contribution in [-0.2, 0) is 17.9 Å². The maximum atomic E-state index is 13.2. The van der Waals surface area contributed by atoms with E-state index in [1.54, 1.807) is 0 Å². The number of rotatable bonds is 6. The molecule has 0 aromatic heterocycles. The maximum absolute atomic E-state index is 13.2. The maximum Gasteiger partial charge on any atom is 0.230 e. The van der Waals surface area contributed by atoms with Gasteiger partial charge in [-0.3, -0.25) is 4.79 Å². The second-order valence-electron chi connectivity index (χ2n) is 6.44. The molecule has 0 bridgehead atoms. The number of carbonyl (C=O) groups excluding carboxylic acids is 1. The molecule has 132 valence electrons. The van der Waals surface area contributed by atoms with Gasteiger partial charge in [-0.1, -0.05) is 84.4 Å². The SMILES string of the molecule is CC(C(=O)N(Cc1ccccc1)Cc1ccccc1)c1ccc(Cl)cc1. The van der Waals surface area contributed by atoms with Gasteiger partial charge in [0.2, 0.25) is 5.91 Å². The molecular formula is C23H22ClNO. The third-order valence-corrected chi connectivity index (χ3v) is 4.74. The second kappa shape index (κ2) is 8.68. The van der Waals surface area contributed by atoms with E-state index in [1.807, 2.05) is 72.5 Å². The molecule has 1 unspecified atom stereocenters. The average Bonchev–Trinajstić information content (AvgIpc) is 2.68. The van der Waals surface area contributed by atoms with E-state index in [1.165, 1.54) is 0 Å². The van der Waals surface area contributed by atoms with Crippen molar-refractivity contribution in [3.63, 3.8) is 0 Å². The molecule has 0 saturated heterocycles. The Kier molecular flexibility index (Phi) is 6.08. The van der Waals surface area contributed by atoms with E-state index in [0.29, 0.717) is 18.1 Å². The van der Waals surface area contributed by atoms with Gasteiger partial charge < -0.3 is 4.90 Å². The molecule has 0 N–H and O–H groups in total. The second-order valence-corrected chi connectivity index (χ2v) is 6.88. The molecule has 0 radical (unpaired) electrons. The Bertz CT molecular complexity index is 790. The lowest BCUT2D eigenvalue weighted by Gasteiger charge is -2.26. The molecule has 0 fully saturated rings. The summed E-state index contributed by atoms with van der Waals surface area (Å²) < 4.78 is 0. The largest absolute Gasteiger partial charge is 0.334 e. The summed E-state index contributed by atoms with van der Waals surface area (Å²) in [7, 11) is 0. The van der Waals surface area contributed by atoms with Gasteiger partial charge >= 0.3 is 0 Å². The summed E-state index contributed by atoms with van der Waals surface area (Å²) in [6, 6.07) is 27.7. The molecule has 0 spiro atoms. The Morgan fingerprint density at radius 1 is 0.808 bits per heavy atom. The van der Waals surface area contributed by atoms with Crippen molar-refractivity contribution in [2.45, 2.75) is 25.9 Å². The van der Waals surface area contributed by atoms with Crippen LogP contribution in [0.2, 0.25) is 5.02 Å². The Balaban J connectivity index is 1.83. The first-order valence-electron chi connectivity index (χ1n) is 8.75. The third kappa shape index (κ3) is 4.74. The van der Waals surface area contributed by atoms with Crippen LogP contribution in [0.5, 0.6) is 0 Å². The van der Waals surface area contributed by atoms with E-state index >= 15 is 0 Å². The fourth-order valence-electron chi connectivity index (χ4n) is 2.99. The molecular weight excluding hydrogens is 342 g/mol. The van der Waals surface area contributed by atoms with E-state index in [-0.39, 0.29) is 11.8 Å². The molecule has 0 heterocycles. The standard InChI is InChI=1S/C23H22ClNO/c1-18(21-12-14-22(24)15-13-21)23(26)25(16-19-8-4-2-5-9-19)17-20-10-6-3-7-11-20/h2-15,18H,16-17H2,1H3. The highest BCUT2D eigenvalue weighted by molar-refractivity contribution is 6.30. The highest BCUT2D eigenvalue weighted by atomic mass is 35.5. The molecule has 1 amide bonds. The zero-order valence-electron chi connectivity index (χ0n) is 14.8. The first-order chi connectivity index (χ1) is 12.6. The molecule has 26 heavy (non-hydrogen) atoms. The molecule has 1 atom stereocenters. The monoisotopic (exact) mass is 363 g/mol. The molecule has 3 aromatic rings. The molecule has 0 saturated carbocycles. The van der Waals surface area contributed by atoms with Gasteiger partial charge in [-0.05, 0) is 35.7 Å². The van der Waals surface area contributed by atoms with Gasteiger partial charge in [0.15, 0.2) is 0 Å². The highest BCUT2D eigenvalue weighted by Gasteiger charge is 2.22. The van der Waals surface area contributed by atoms with Gasteiger partial charge in [-0.2, -0.15) is 0 Å². The zero-order valence-corrected chi connectivity index (χ0v) is 15.6. The normalized spacial score (nSPS) is 11.8. The average molecular weight is 364 g/mol. The predicted octanol–water partition coefficient (Wildman–Crippen LogP) is 5.67.